The van der Waals surface area contributed by atoms with E-state index < -0.39 is 17.9 Å². The van der Waals surface area contributed by atoms with Gasteiger partial charge in [-0.2, -0.15) is 0 Å². The zero-order chi connectivity index (χ0) is 20.8. The normalized spacial score (nSPS) is 14.8. The third-order valence-corrected chi connectivity index (χ3v) is 5.13. The lowest BCUT2D eigenvalue weighted by atomic mass is 10.1. The monoisotopic (exact) mass is 418 g/mol. The molecule has 29 heavy (non-hydrogen) atoms. The quantitative estimate of drug-likeness (QED) is 0.539. The van der Waals surface area contributed by atoms with E-state index in [1.165, 1.54) is 18.3 Å². The predicted molar refractivity (Wildman–Crippen MR) is 107 cm³/mol. The van der Waals surface area contributed by atoms with Gasteiger partial charge >= 0.3 is 0 Å². The van der Waals surface area contributed by atoms with Crippen LogP contribution in [0.4, 0.5) is 5.13 Å². The van der Waals surface area contributed by atoms with E-state index in [1.54, 1.807) is 36.6 Å². The maximum Gasteiger partial charge on any atom is 0.289 e. The summed E-state index contributed by atoms with van der Waals surface area (Å²) in [6.45, 7) is 5.71. The smallest absolute Gasteiger partial charge is 0.289 e. The van der Waals surface area contributed by atoms with Crippen molar-refractivity contribution in [3.63, 3.8) is 0 Å². The number of nitrogens with zero attached hydrogens (tertiary/aromatic N) is 2. The number of hydrogen-bond acceptors (Lipinski definition) is 8. The van der Waals surface area contributed by atoms with Gasteiger partial charge in [-0.15, -0.1) is 11.3 Å². The Bertz CT molecular complexity index is 894. The summed E-state index contributed by atoms with van der Waals surface area (Å²) in [7, 11) is 0. The molecule has 0 bridgehead atoms. The van der Waals surface area contributed by atoms with Crippen molar-refractivity contribution >= 4 is 34.1 Å². The molecule has 0 saturated carbocycles. The fourth-order valence-corrected chi connectivity index (χ4v) is 3.46. The number of Topliss-reactive ketones (excluding diaryl/α,β-unsaturated/α-hetero) is 1. The molecule has 0 spiro atoms. The van der Waals surface area contributed by atoms with Crippen LogP contribution in [0.15, 0.2) is 29.6 Å². The molecule has 1 fully saturated rings. The van der Waals surface area contributed by atoms with Crippen LogP contribution >= 0.6 is 11.3 Å². The highest BCUT2D eigenvalue weighted by Gasteiger charge is 2.19. The van der Waals surface area contributed by atoms with E-state index in [1.807, 2.05) is 0 Å². The van der Waals surface area contributed by atoms with Gasteiger partial charge in [0.25, 0.3) is 11.8 Å². The van der Waals surface area contributed by atoms with Crippen molar-refractivity contribution in [2.45, 2.75) is 20.0 Å². The number of anilines is 1. The average molecular weight is 418 g/mol. The van der Waals surface area contributed by atoms with Crippen molar-refractivity contribution in [1.29, 1.82) is 0 Å². The van der Waals surface area contributed by atoms with E-state index in [9.17, 15) is 14.4 Å². The number of carbonyl (C=O) groups excluding carboxylic acids is 3. The molecule has 154 valence electrons. The Morgan fingerprint density at radius 1 is 1.24 bits per heavy atom. The predicted octanol–water partition coefficient (Wildman–Crippen LogP) is 1.41. The van der Waals surface area contributed by atoms with Crippen LogP contribution in [0.2, 0.25) is 0 Å². The molecule has 1 atom stereocenters. The van der Waals surface area contributed by atoms with Gasteiger partial charge in [0.1, 0.15) is 11.4 Å². The zero-order valence-electron chi connectivity index (χ0n) is 16.1. The van der Waals surface area contributed by atoms with Crippen LogP contribution in [0.5, 0.6) is 5.75 Å². The number of nitrogens with one attached hydrogen (secondary N) is 2. The Morgan fingerprint density at radius 2 is 2.00 bits per heavy atom. The minimum absolute atomic E-state index is 0.0977. The topological polar surface area (TPSA) is 110 Å². The Labute approximate surface area is 172 Å². The number of thiazole rings is 1. The van der Waals surface area contributed by atoms with Crippen molar-refractivity contribution in [2.75, 3.05) is 31.2 Å². The lowest BCUT2D eigenvalue weighted by Gasteiger charge is -2.25. The number of carbonyl (C=O) groups is 3. The molecule has 1 aromatic carbocycles. The summed E-state index contributed by atoms with van der Waals surface area (Å²) in [4.78, 5) is 42.2. The second-order valence-corrected chi connectivity index (χ2v) is 7.24. The summed E-state index contributed by atoms with van der Waals surface area (Å²) < 4.78 is 10.8. The first kappa shape index (κ1) is 20.7. The second kappa shape index (κ2) is 9.48. The van der Waals surface area contributed by atoms with Gasteiger partial charge in [-0.05, 0) is 26.0 Å². The van der Waals surface area contributed by atoms with Crippen LogP contribution in [0.3, 0.4) is 0 Å². The molecule has 1 saturated heterocycles. The fraction of sp³-hybridized carbons (Fsp3) is 0.368. The molecule has 0 radical (unpaired) electrons. The van der Waals surface area contributed by atoms with Crippen LogP contribution in [0.1, 0.15) is 34.7 Å². The Hall–Kier alpha value is -2.98. The Balaban J connectivity index is 1.50. The number of benzene rings is 1. The largest absolute Gasteiger partial charge is 0.481 e. The number of amides is 2. The van der Waals surface area contributed by atoms with Crippen molar-refractivity contribution in [3.05, 3.63) is 40.9 Å². The second-order valence-electron chi connectivity index (χ2n) is 6.40. The third-order valence-electron chi connectivity index (χ3n) is 4.23. The number of morpholine rings is 1. The number of ketones is 1. The summed E-state index contributed by atoms with van der Waals surface area (Å²) >= 11 is 1.36. The number of hydrazine groups is 1. The molecular weight excluding hydrogens is 396 g/mol. The van der Waals surface area contributed by atoms with E-state index in [0.29, 0.717) is 24.5 Å². The molecular formula is C19H22N4O5S. The van der Waals surface area contributed by atoms with E-state index in [-0.39, 0.29) is 11.5 Å². The van der Waals surface area contributed by atoms with Crippen molar-refractivity contribution in [3.8, 4) is 5.75 Å². The van der Waals surface area contributed by atoms with E-state index in [0.717, 1.165) is 18.2 Å². The molecule has 1 aliphatic rings. The maximum atomic E-state index is 12.2. The van der Waals surface area contributed by atoms with Crippen LogP contribution in [-0.2, 0) is 9.53 Å². The summed E-state index contributed by atoms with van der Waals surface area (Å²) in [5, 5.41) is 2.38. The minimum atomic E-state index is -0.878. The molecule has 1 aliphatic heterocycles. The van der Waals surface area contributed by atoms with Gasteiger partial charge < -0.3 is 14.4 Å². The van der Waals surface area contributed by atoms with Gasteiger partial charge in [0.15, 0.2) is 17.0 Å². The molecule has 2 N–H and O–H groups in total. The SMILES string of the molecule is CC(=O)c1cccc(OC(C)C(=O)NNC(=O)c2csc(N3CCOCC3)n2)c1. The molecule has 9 nitrogen and oxygen atoms in total. The van der Waals surface area contributed by atoms with Crippen molar-refractivity contribution in [1.82, 2.24) is 15.8 Å². The average Bonchev–Trinajstić information content (AvgIpc) is 3.23. The highest BCUT2D eigenvalue weighted by Crippen LogP contribution is 2.21. The van der Waals surface area contributed by atoms with E-state index >= 15 is 0 Å². The highest BCUT2D eigenvalue weighted by atomic mass is 32.1. The van der Waals surface area contributed by atoms with Crippen molar-refractivity contribution in [2.24, 2.45) is 0 Å². The van der Waals surface area contributed by atoms with Crippen molar-refractivity contribution < 1.29 is 23.9 Å². The summed E-state index contributed by atoms with van der Waals surface area (Å²) in [6, 6.07) is 6.55. The lowest BCUT2D eigenvalue weighted by molar-refractivity contribution is -0.128. The number of aromatic nitrogens is 1. The molecule has 2 amide bonds. The van der Waals surface area contributed by atoms with Gasteiger partial charge in [-0.25, -0.2) is 4.98 Å². The van der Waals surface area contributed by atoms with E-state index in [2.05, 4.69) is 20.7 Å². The number of ether oxygens (including phenoxy) is 2. The Morgan fingerprint density at radius 3 is 2.72 bits per heavy atom. The molecule has 10 heteroatoms. The van der Waals surface area contributed by atoms with Crippen LogP contribution in [0, 0.1) is 0 Å². The molecule has 2 aromatic rings. The van der Waals surface area contributed by atoms with E-state index in [4.69, 9.17) is 9.47 Å². The summed E-state index contributed by atoms with van der Waals surface area (Å²) in [5.74, 6) is -0.754. The van der Waals surface area contributed by atoms with Gasteiger partial charge in [0.2, 0.25) is 0 Å². The molecule has 1 unspecified atom stereocenters. The Kier molecular flexibility index (Phi) is 6.78. The minimum Gasteiger partial charge on any atom is -0.481 e. The maximum absolute atomic E-state index is 12.2. The summed E-state index contributed by atoms with van der Waals surface area (Å²) in [6.07, 6.45) is -0.878. The fourth-order valence-electron chi connectivity index (χ4n) is 2.60. The van der Waals surface area contributed by atoms with Gasteiger partial charge in [0, 0.05) is 24.0 Å². The van der Waals surface area contributed by atoms with Crippen LogP contribution < -0.4 is 20.5 Å². The van der Waals surface area contributed by atoms with Gasteiger partial charge in [0.05, 0.1) is 13.2 Å². The third kappa shape index (κ3) is 5.52. The zero-order valence-corrected chi connectivity index (χ0v) is 17.0. The number of hydrogen-bond donors (Lipinski definition) is 2. The standard InChI is InChI=1S/C19H22N4O5S/c1-12(24)14-4-3-5-15(10-14)28-13(2)17(25)21-22-18(26)16-11-29-19(20-16)23-6-8-27-9-7-23/h3-5,10-11,13H,6-9H2,1-2H3,(H,21,25)(H,22,26). The first-order valence-corrected chi connectivity index (χ1v) is 9.98. The summed E-state index contributed by atoms with van der Waals surface area (Å²) in [5.41, 5.74) is 5.38. The highest BCUT2D eigenvalue weighted by molar-refractivity contribution is 7.13. The number of rotatable bonds is 6. The van der Waals surface area contributed by atoms with Crippen LogP contribution in [-0.4, -0.2) is 55.0 Å². The molecule has 2 heterocycles. The first-order valence-electron chi connectivity index (χ1n) is 9.10. The molecule has 1 aromatic heterocycles. The molecule has 0 aliphatic carbocycles. The van der Waals surface area contributed by atoms with Crippen LogP contribution in [0.25, 0.3) is 0 Å². The van der Waals surface area contributed by atoms with Gasteiger partial charge in [-0.1, -0.05) is 12.1 Å². The molecule has 3 rings (SSSR count). The first-order chi connectivity index (χ1) is 13.9. The van der Waals surface area contributed by atoms with Gasteiger partial charge in [-0.3, -0.25) is 25.2 Å². The lowest BCUT2D eigenvalue weighted by Crippen LogP contribution is -2.47.